The molecule has 1 aliphatic heterocycles. The maximum absolute atomic E-state index is 12.0. The summed E-state index contributed by atoms with van der Waals surface area (Å²) in [5, 5.41) is 11.7. The Hall–Kier alpha value is -1.61. The van der Waals surface area contributed by atoms with Gasteiger partial charge in [-0.25, -0.2) is 0 Å². The zero-order valence-corrected chi connectivity index (χ0v) is 11.4. The lowest BCUT2D eigenvalue weighted by atomic mass is 10.1. The van der Waals surface area contributed by atoms with Crippen LogP contribution < -0.4 is 5.32 Å². The van der Waals surface area contributed by atoms with Gasteiger partial charge in [0.25, 0.3) is 0 Å². The van der Waals surface area contributed by atoms with E-state index >= 15 is 0 Å². The minimum absolute atomic E-state index is 0.418. The lowest BCUT2D eigenvalue weighted by molar-refractivity contribution is -0.142. The first-order valence-electron chi connectivity index (χ1n) is 6.74. The van der Waals surface area contributed by atoms with Crippen LogP contribution in [0, 0.1) is 17.2 Å². The van der Waals surface area contributed by atoms with E-state index in [0.717, 1.165) is 19.3 Å². The molecular formula is C13H21N3O3. The van der Waals surface area contributed by atoms with Gasteiger partial charge in [0.15, 0.2) is 0 Å². The maximum atomic E-state index is 12.0. The van der Waals surface area contributed by atoms with Crippen molar-refractivity contribution in [2.75, 3.05) is 32.8 Å². The minimum atomic E-state index is -1.24. The third-order valence-electron chi connectivity index (χ3n) is 3.04. The number of carbonyl (C=O) groups is 2. The smallest absolute Gasteiger partial charge is 0.249 e. The van der Waals surface area contributed by atoms with Crippen molar-refractivity contribution in [3.63, 3.8) is 0 Å². The van der Waals surface area contributed by atoms with E-state index in [1.165, 1.54) is 4.90 Å². The Kier molecular flexibility index (Phi) is 6.90. The van der Waals surface area contributed by atoms with E-state index in [4.69, 9.17) is 10.00 Å². The van der Waals surface area contributed by atoms with Crippen LogP contribution in [0.5, 0.6) is 0 Å². The van der Waals surface area contributed by atoms with Gasteiger partial charge in [0.1, 0.15) is 0 Å². The monoisotopic (exact) mass is 267 g/mol. The Morgan fingerprint density at radius 2 is 2.05 bits per heavy atom. The third kappa shape index (κ3) is 4.87. The number of morpholine rings is 1. The number of rotatable bonds is 6. The molecule has 1 fully saturated rings. The highest BCUT2D eigenvalue weighted by atomic mass is 16.5. The van der Waals surface area contributed by atoms with Gasteiger partial charge in [0.2, 0.25) is 17.7 Å². The van der Waals surface area contributed by atoms with Gasteiger partial charge in [-0.1, -0.05) is 19.8 Å². The van der Waals surface area contributed by atoms with Crippen LogP contribution in [0.3, 0.4) is 0 Å². The van der Waals surface area contributed by atoms with Crippen molar-refractivity contribution in [3.05, 3.63) is 0 Å². The van der Waals surface area contributed by atoms with Gasteiger partial charge in [-0.05, 0) is 6.42 Å². The highest BCUT2D eigenvalue weighted by molar-refractivity contribution is 6.02. The lowest BCUT2D eigenvalue weighted by Gasteiger charge is -2.28. The predicted molar refractivity (Wildman–Crippen MR) is 69.0 cm³/mol. The molecule has 19 heavy (non-hydrogen) atoms. The first-order chi connectivity index (χ1) is 9.20. The van der Waals surface area contributed by atoms with E-state index in [2.05, 4.69) is 12.2 Å². The van der Waals surface area contributed by atoms with Crippen molar-refractivity contribution in [1.82, 2.24) is 10.2 Å². The first-order valence-corrected chi connectivity index (χ1v) is 6.74. The van der Waals surface area contributed by atoms with Crippen LogP contribution in [0.1, 0.15) is 26.2 Å². The number of hydrogen-bond acceptors (Lipinski definition) is 4. The summed E-state index contributed by atoms with van der Waals surface area (Å²) < 4.78 is 5.14. The van der Waals surface area contributed by atoms with Crippen LogP contribution in [-0.2, 0) is 14.3 Å². The van der Waals surface area contributed by atoms with Crippen LogP contribution in [0.2, 0.25) is 0 Å². The molecule has 0 aromatic rings. The third-order valence-corrected chi connectivity index (χ3v) is 3.04. The number of carbonyl (C=O) groups excluding carboxylic acids is 2. The SMILES string of the molecule is CCCCCNC(=O)C(C#N)C(=O)N1CCOCC1. The van der Waals surface area contributed by atoms with Gasteiger partial charge >= 0.3 is 0 Å². The highest BCUT2D eigenvalue weighted by Crippen LogP contribution is 2.06. The Labute approximate surface area is 113 Å². The van der Waals surface area contributed by atoms with Gasteiger partial charge in [-0.15, -0.1) is 0 Å². The fourth-order valence-corrected chi connectivity index (χ4v) is 1.88. The molecule has 1 heterocycles. The van der Waals surface area contributed by atoms with Gasteiger partial charge in [-0.3, -0.25) is 9.59 Å². The number of amides is 2. The van der Waals surface area contributed by atoms with Crippen molar-refractivity contribution >= 4 is 11.8 Å². The fraction of sp³-hybridized carbons (Fsp3) is 0.769. The van der Waals surface area contributed by atoms with E-state index in [-0.39, 0.29) is 0 Å². The van der Waals surface area contributed by atoms with Crippen LogP contribution in [0.15, 0.2) is 0 Å². The van der Waals surface area contributed by atoms with Crippen LogP contribution in [-0.4, -0.2) is 49.6 Å². The van der Waals surface area contributed by atoms with Gasteiger partial charge in [0, 0.05) is 19.6 Å². The summed E-state index contributed by atoms with van der Waals surface area (Å²) in [5.74, 6) is -2.14. The largest absolute Gasteiger partial charge is 0.378 e. The van der Waals surface area contributed by atoms with Gasteiger partial charge < -0.3 is 15.0 Å². The summed E-state index contributed by atoms with van der Waals surface area (Å²) in [7, 11) is 0. The van der Waals surface area contributed by atoms with Crippen molar-refractivity contribution in [2.24, 2.45) is 5.92 Å². The van der Waals surface area contributed by atoms with E-state index < -0.39 is 17.7 Å². The molecule has 1 N–H and O–H groups in total. The number of nitrogens with one attached hydrogen (secondary N) is 1. The molecule has 0 aromatic heterocycles. The molecule has 1 aliphatic rings. The number of hydrogen-bond donors (Lipinski definition) is 1. The zero-order valence-electron chi connectivity index (χ0n) is 11.4. The normalized spacial score (nSPS) is 16.5. The molecule has 0 radical (unpaired) electrons. The van der Waals surface area contributed by atoms with Crippen molar-refractivity contribution in [2.45, 2.75) is 26.2 Å². The predicted octanol–water partition coefficient (Wildman–Crippen LogP) is 0.291. The quantitative estimate of drug-likeness (QED) is 0.554. The summed E-state index contributed by atoms with van der Waals surface area (Å²) in [6.45, 7) is 4.40. The molecule has 6 nitrogen and oxygen atoms in total. The second-order valence-corrected chi connectivity index (χ2v) is 4.50. The number of nitriles is 1. The summed E-state index contributed by atoms with van der Waals surface area (Å²) in [6.07, 6.45) is 2.95. The second kappa shape index (κ2) is 8.48. The second-order valence-electron chi connectivity index (χ2n) is 4.50. The Morgan fingerprint density at radius 3 is 2.63 bits per heavy atom. The molecule has 1 unspecified atom stereocenters. The Bertz CT molecular complexity index is 346. The maximum Gasteiger partial charge on any atom is 0.249 e. The molecule has 1 saturated heterocycles. The first kappa shape index (κ1) is 15.4. The molecule has 1 rings (SSSR count). The summed E-state index contributed by atoms with van der Waals surface area (Å²) in [5.41, 5.74) is 0. The Morgan fingerprint density at radius 1 is 1.37 bits per heavy atom. The summed E-state index contributed by atoms with van der Waals surface area (Å²) in [4.78, 5) is 25.4. The summed E-state index contributed by atoms with van der Waals surface area (Å²) >= 11 is 0. The van der Waals surface area contributed by atoms with Crippen LogP contribution >= 0.6 is 0 Å². The molecular weight excluding hydrogens is 246 g/mol. The van der Waals surface area contributed by atoms with Crippen molar-refractivity contribution < 1.29 is 14.3 Å². The van der Waals surface area contributed by atoms with E-state index in [0.29, 0.717) is 32.8 Å². The molecule has 0 aliphatic carbocycles. The molecule has 1 atom stereocenters. The van der Waals surface area contributed by atoms with Gasteiger partial charge in [0.05, 0.1) is 19.3 Å². The molecule has 6 heteroatoms. The molecule has 106 valence electrons. The average Bonchev–Trinajstić information content (AvgIpc) is 2.45. The fourth-order valence-electron chi connectivity index (χ4n) is 1.88. The molecule has 0 saturated carbocycles. The Balaban J connectivity index is 2.44. The van der Waals surface area contributed by atoms with E-state index in [9.17, 15) is 9.59 Å². The zero-order chi connectivity index (χ0) is 14.1. The van der Waals surface area contributed by atoms with Crippen molar-refractivity contribution in [1.29, 1.82) is 5.26 Å². The molecule has 0 spiro atoms. The van der Waals surface area contributed by atoms with Gasteiger partial charge in [-0.2, -0.15) is 5.26 Å². The number of unbranched alkanes of at least 4 members (excludes halogenated alkanes) is 2. The average molecular weight is 267 g/mol. The van der Waals surface area contributed by atoms with Crippen LogP contribution in [0.25, 0.3) is 0 Å². The topological polar surface area (TPSA) is 82.4 Å². The highest BCUT2D eigenvalue weighted by Gasteiger charge is 2.31. The number of ether oxygens (including phenoxy) is 1. The summed E-state index contributed by atoms with van der Waals surface area (Å²) in [6, 6.07) is 1.80. The molecule has 2 amide bonds. The standard InChI is InChI=1S/C13H21N3O3/c1-2-3-4-5-15-12(17)11(10-14)13(18)16-6-8-19-9-7-16/h11H,2-9H2,1H3,(H,15,17). The van der Waals surface area contributed by atoms with Crippen LogP contribution in [0.4, 0.5) is 0 Å². The van der Waals surface area contributed by atoms with E-state index in [1.807, 2.05) is 0 Å². The lowest BCUT2D eigenvalue weighted by Crippen LogP contribution is -2.47. The van der Waals surface area contributed by atoms with E-state index in [1.54, 1.807) is 6.07 Å². The van der Waals surface area contributed by atoms with Crippen molar-refractivity contribution in [3.8, 4) is 6.07 Å². The number of nitrogens with zero attached hydrogens (tertiary/aromatic N) is 2. The minimum Gasteiger partial charge on any atom is -0.378 e. The molecule has 0 bridgehead atoms. The molecule has 0 aromatic carbocycles.